The molecule has 1 aromatic rings. The van der Waals surface area contributed by atoms with Crippen LogP contribution in [-0.4, -0.2) is 24.5 Å². The number of guanidine groups is 1. The van der Waals surface area contributed by atoms with E-state index in [2.05, 4.69) is 20.6 Å². The van der Waals surface area contributed by atoms with Crippen LogP contribution >= 0.6 is 35.6 Å². The first-order chi connectivity index (χ1) is 8.28. The molecule has 1 saturated carbocycles. The zero-order valence-electron chi connectivity index (χ0n) is 10.3. The summed E-state index contributed by atoms with van der Waals surface area (Å²) in [6.07, 6.45) is 4.44. The minimum Gasteiger partial charge on any atom is -0.356 e. The minimum atomic E-state index is 0. The second-order valence-corrected chi connectivity index (χ2v) is 4.63. The van der Waals surface area contributed by atoms with Crippen molar-refractivity contribution in [3.63, 3.8) is 0 Å². The van der Waals surface area contributed by atoms with Crippen molar-refractivity contribution in [2.24, 2.45) is 10.9 Å². The van der Waals surface area contributed by atoms with E-state index in [1.165, 1.54) is 12.8 Å². The number of aromatic nitrogens is 1. The van der Waals surface area contributed by atoms with Gasteiger partial charge in [0.15, 0.2) is 5.96 Å². The topological polar surface area (TPSA) is 49.3 Å². The van der Waals surface area contributed by atoms with Gasteiger partial charge in [0, 0.05) is 26.3 Å². The predicted molar refractivity (Wildman–Crippen MR) is 85.6 cm³/mol. The van der Waals surface area contributed by atoms with Crippen molar-refractivity contribution in [2.45, 2.75) is 19.4 Å². The molecule has 0 amide bonds. The van der Waals surface area contributed by atoms with Gasteiger partial charge in [-0.25, -0.2) is 4.98 Å². The van der Waals surface area contributed by atoms with E-state index in [4.69, 9.17) is 11.6 Å². The molecule has 0 spiro atoms. The molecule has 2 rings (SSSR count). The molecule has 0 aliphatic heterocycles. The Balaban J connectivity index is 0.00000162. The highest BCUT2D eigenvalue weighted by atomic mass is 127. The van der Waals surface area contributed by atoms with E-state index >= 15 is 0 Å². The van der Waals surface area contributed by atoms with Gasteiger partial charge in [0.1, 0.15) is 5.15 Å². The molecule has 6 heteroatoms. The SMILES string of the molecule is CN=C(NCc1ccc(Cl)nc1)NCC1CC1.I. The lowest BCUT2D eigenvalue weighted by molar-refractivity contribution is 0.737. The van der Waals surface area contributed by atoms with Crippen molar-refractivity contribution in [3.8, 4) is 0 Å². The molecule has 0 saturated heterocycles. The Hall–Kier alpha value is -0.560. The van der Waals surface area contributed by atoms with Crippen molar-refractivity contribution in [2.75, 3.05) is 13.6 Å². The van der Waals surface area contributed by atoms with Gasteiger partial charge in [-0.1, -0.05) is 17.7 Å². The maximum atomic E-state index is 5.73. The van der Waals surface area contributed by atoms with Crippen molar-refractivity contribution in [1.82, 2.24) is 15.6 Å². The van der Waals surface area contributed by atoms with Crippen LogP contribution in [0, 0.1) is 5.92 Å². The Labute approximate surface area is 130 Å². The molecular formula is C12H18ClIN4. The Morgan fingerprint density at radius 3 is 2.78 bits per heavy atom. The monoisotopic (exact) mass is 380 g/mol. The zero-order valence-corrected chi connectivity index (χ0v) is 13.4. The second-order valence-electron chi connectivity index (χ2n) is 4.24. The quantitative estimate of drug-likeness (QED) is 0.365. The van der Waals surface area contributed by atoms with E-state index in [-0.39, 0.29) is 24.0 Å². The summed E-state index contributed by atoms with van der Waals surface area (Å²) in [5, 5.41) is 7.07. The average Bonchev–Trinajstić information content (AvgIpc) is 3.15. The van der Waals surface area contributed by atoms with Gasteiger partial charge < -0.3 is 10.6 Å². The fourth-order valence-electron chi connectivity index (χ4n) is 1.48. The Morgan fingerprint density at radius 1 is 1.44 bits per heavy atom. The molecule has 1 aliphatic carbocycles. The number of hydrogen-bond donors (Lipinski definition) is 2. The Bertz CT molecular complexity index is 390. The lowest BCUT2D eigenvalue weighted by Gasteiger charge is -2.11. The number of halogens is 2. The fourth-order valence-corrected chi connectivity index (χ4v) is 1.59. The van der Waals surface area contributed by atoms with E-state index in [9.17, 15) is 0 Å². The summed E-state index contributed by atoms with van der Waals surface area (Å²) in [6, 6.07) is 3.75. The molecule has 100 valence electrons. The van der Waals surface area contributed by atoms with Gasteiger partial charge in [0.05, 0.1) is 0 Å². The standard InChI is InChI=1S/C12H17ClN4.HI/c1-14-12(16-6-9-2-3-9)17-8-10-4-5-11(13)15-7-10;/h4-5,7,9H,2-3,6,8H2,1H3,(H2,14,16,17);1H. The lowest BCUT2D eigenvalue weighted by atomic mass is 10.3. The van der Waals surface area contributed by atoms with Crippen LogP contribution in [0.4, 0.5) is 0 Å². The van der Waals surface area contributed by atoms with Crippen LogP contribution < -0.4 is 10.6 Å². The average molecular weight is 381 g/mol. The molecule has 0 unspecified atom stereocenters. The first kappa shape index (κ1) is 15.5. The van der Waals surface area contributed by atoms with Crippen molar-refractivity contribution in [1.29, 1.82) is 0 Å². The summed E-state index contributed by atoms with van der Waals surface area (Å²) in [7, 11) is 1.78. The highest BCUT2D eigenvalue weighted by Gasteiger charge is 2.20. The van der Waals surface area contributed by atoms with E-state index in [0.717, 1.165) is 24.0 Å². The molecule has 1 fully saturated rings. The smallest absolute Gasteiger partial charge is 0.191 e. The first-order valence-corrected chi connectivity index (χ1v) is 6.20. The van der Waals surface area contributed by atoms with E-state index in [0.29, 0.717) is 11.7 Å². The number of hydrogen-bond acceptors (Lipinski definition) is 2. The molecule has 0 bridgehead atoms. The maximum Gasteiger partial charge on any atom is 0.191 e. The summed E-state index contributed by atoms with van der Waals surface area (Å²) in [6.45, 7) is 1.72. The Morgan fingerprint density at radius 2 is 2.22 bits per heavy atom. The lowest BCUT2D eigenvalue weighted by Crippen LogP contribution is -2.37. The summed E-state index contributed by atoms with van der Waals surface area (Å²) >= 11 is 5.73. The predicted octanol–water partition coefficient (Wildman–Crippen LogP) is 2.43. The van der Waals surface area contributed by atoms with Crippen LogP contribution in [0.2, 0.25) is 5.15 Å². The van der Waals surface area contributed by atoms with Crippen LogP contribution in [0.15, 0.2) is 23.3 Å². The number of nitrogens with one attached hydrogen (secondary N) is 2. The number of nitrogens with zero attached hydrogens (tertiary/aromatic N) is 2. The van der Waals surface area contributed by atoms with Gasteiger partial charge in [-0.15, -0.1) is 24.0 Å². The maximum absolute atomic E-state index is 5.73. The third-order valence-electron chi connectivity index (χ3n) is 2.73. The largest absolute Gasteiger partial charge is 0.356 e. The van der Waals surface area contributed by atoms with Gasteiger partial charge in [-0.3, -0.25) is 4.99 Å². The molecule has 1 aromatic heterocycles. The van der Waals surface area contributed by atoms with Gasteiger partial charge in [0.25, 0.3) is 0 Å². The van der Waals surface area contributed by atoms with Crippen LogP contribution in [0.25, 0.3) is 0 Å². The minimum absolute atomic E-state index is 0. The molecule has 4 nitrogen and oxygen atoms in total. The summed E-state index contributed by atoms with van der Waals surface area (Å²) in [5.74, 6) is 1.68. The van der Waals surface area contributed by atoms with Gasteiger partial charge in [-0.05, 0) is 30.4 Å². The van der Waals surface area contributed by atoms with Crippen LogP contribution in [0.5, 0.6) is 0 Å². The second kappa shape index (κ2) is 7.78. The molecular weight excluding hydrogens is 363 g/mol. The summed E-state index contributed by atoms with van der Waals surface area (Å²) in [4.78, 5) is 8.20. The van der Waals surface area contributed by atoms with E-state index < -0.39 is 0 Å². The van der Waals surface area contributed by atoms with E-state index in [1.54, 1.807) is 19.3 Å². The van der Waals surface area contributed by atoms with E-state index in [1.807, 2.05) is 6.07 Å². The number of rotatable bonds is 4. The molecule has 1 heterocycles. The van der Waals surface area contributed by atoms with Crippen molar-refractivity contribution in [3.05, 3.63) is 29.0 Å². The molecule has 1 aliphatic rings. The van der Waals surface area contributed by atoms with Gasteiger partial charge in [-0.2, -0.15) is 0 Å². The van der Waals surface area contributed by atoms with Gasteiger partial charge >= 0.3 is 0 Å². The van der Waals surface area contributed by atoms with Crippen molar-refractivity contribution >= 4 is 41.5 Å². The van der Waals surface area contributed by atoms with Crippen LogP contribution in [0.1, 0.15) is 18.4 Å². The fraction of sp³-hybridized carbons (Fsp3) is 0.500. The van der Waals surface area contributed by atoms with Gasteiger partial charge in [0.2, 0.25) is 0 Å². The normalized spacial score (nSPS) is 14.9. The van der Waals surface area contributed by atoms with Crippen LogP contribution in [-0.2, 0) is 6.54 Å². The first-order valence-electron chi connectivity index (χ1n) is 5.83. The zero-order chi connectivity index (χ0) is 12.1. The Kier molecular flexibility index (Phi) is 6.70. The number of pyridine rings is 1. The summed E-state index contributed by atoms with van der Waals surface area (Å²) < 4.78 is 0. The third kappa shape index (κ3) is 5.39. The summed E-state index contributed by atoms with van der Waals surface area (Å²) in [5.41, 5.74) is 1.09. The highest BCUT2D eigenvalue weighted by Crippen LogP contribution is 2.27. The molecule has 0 atom stereocenters. The molecule has 18 heavy (non-hydrogen) atoms. The third-order valence-corrected chi connectivity index (χ3v) is 2.95. The van der Waals surface area contributed by atoms with Crippen LogP contribution in [0.3, 0.4) is 0 Å². The molecule has 0 aromatic carbocycles. The molecule has 0 radical (unpaired) electrons. The highest BCUT2D eigenvalue weighted by molar-refractivity contribution is 14.0. The van der Waals surface area contributed by atoms with Crippen molar-refractivity contribution < 1.29 is 0 Å². The number of aliphatic imine (C=N–C) groups is 1. The molecule has 2 N–H and O–H groups in total.